The summed E-state index contributed by atoms with van der Waals surface area (Å²) in [5.74, 6) is -0.391. The fraction of sp³-hybridized carbons (Fsp3) is 0.133. The highest BCUT2D eigenvalue weighted by Crippen LogP contribution is 2.17. The maximum Gasteiger partial charge on any atom is 0.141 e. The maximum absolute atomic E-state index is 13.1. The number of nitrogens with zero attached hydrogens (tertiary/aromatic N) is 1. The van der Waals surface area contributed by atoms with E-state index in [2.05, 4.69) is 15.3 Å². The normalized spacial score (nSPS) is 11.1. The SMILES string of the molecule is Fc1ccc(CNCc2c[nH]c3ncccc23)cc1Cl. The molecule has 2 aromatic heterocycles. The summed E-state index contributed by atoms with van der Waals surface area (Å²) in [6, 6.07) is 8.70. The van der Waals surface area contributed by atoms with Crippen molar-refractivity contribution >= 4 is 22.6 Å². The predicted octanol–water partition coefficient (Wildman–Crippen LogP) is 3.65. The summed E-state index contributed by atoms with van der Waals surface area (Å²) >= 11 is 5.75. The van der Waals surface area contributed by atoms with Gasteiger partial charge in [-0.3, -0.25) is 0 Å². The van der Waals surface area contributed by atoms with E-state index in [9.17, 15) is 4.39 Å². The van der Waals surface area contributed by atoms with Gasteiger partial charge in [-0.15, -0.1) is 0 Å². The molecule has 3 aromatic rings. The molecular formula is C15H13ClFN3. The summed E-state index contributed by atoms with van der Waals surface area (Å²) in [7, 11) is 0. The second-order valence-corrected chi connectivity index (χ2v) is 4.97. The van der Waals surface area contributed by atoms with Crippen molar-refractivity contribution in [1.29, 1.82) is 0 Å². The molecule has 0 aliphatic rings. The van der Waals surface area contributed by atoms with Crippen molar-refractivity contribution in [2.45, 2.75) is 13.1 Å². The number of hydrogen-bond donors (Lipinski definition) is 2. The lowest BCUT2D eigenvalue weighted by molar-refractivity contribution is 0.625. The summed E-state index contributed by atoms with van der Waals surface area (Å²) in [5, 5.41) is 4.58. The predicted molar refractivity (Wildman–Crippen MR) is 78.0 cm³/mol. The largest absolute Gasteiger partial charge is 0.346 e. The summed E-state index contributed by atoms with van der Waals surface area (Å²) in [6.45, 7) is 1.34. The van der Waals surface area contributed by atoms with Gasteiger partial charge in [-0.05, 0) is 35.4 Å². The Morgan fingerprint density at radius 3 is 3.00 bits per heavy atom. The summed E-state index contributed by atoms with van der Waals surface area (Å²) in [5.41, 5.74) is 2.99. The molecule has 0 amide bonds. The first kappa shape index (κ1) is 13.1. The fourth-order valence-corrected chi connectivity index (χ4v) is 2.35. The minimum Gasteiger partial charge on any atom is -0.346 e. The van der Waals surface area contributed by atoms with Gasteiger partial charge < -0.3 is 10.3 Å². The van der Waals surface area contributed by atoms with Crippen LogP contribution in [0.5, 0.6) is 0 Å². The van der Waals surface area contributed by atoms with Gasteiger partial charge in [-0.25, -0.2) is 9.37 Å². The zero-order valence-corrected chi connectivity index (χ0v) is 11.4. The Bertz CT molecular complexity index is 739. The van der Waals surface area contributed by atoms with Crippen molar-refractivity contribution in [3.8, 4) is 0 Å². The van der Waals surface area contributed by atoms with Crippen LogP contribution in [-0.2, 0) is 13.1 Å². The number of rotatable bonds is 4. The van der Waals surface area contributed by atoms with E-state index in [1.54, 1.807) is 18.3 Å². The van der Waals surface area contributed by atoms with Crippen LogP contribution in [0.3, 0.4) is 0 Å². The molecule has 5 heteroatoms. The lowest BCUT2D eigenvalue weighted by Gasteiger charge is -2.05. The van der Waals surface area contributed by atoms with Crippen molar-refractivity contribution < 1.29 is 4.39 Å². The highest BCUT2D eigenvalue weighted by atomic mass is 35.5. The highest BCUT2D eigenvalue weighted by Gasteiger charge is 2.04. The second kappa shape index (κ2) is 5.61. The Morgan fingerprint density at radius 1 is 1.25 bits per heavy atom. The third-order valence-corrected chi connectivity index (χ3v) is 3.46. The van der Waals surface area contributed by atoms with Crippen LogP contribution in [0.2, 0.25) is 5.02 Å². The van der Waals surface area contributed by atoms with Crippen molar-refractivity contribution in [1.82, 2.24) is 15.3 Å². The Kier molecular flexibility index (Phi) is 3.67. The van der Waals surface area contributed by atoms with Crippen LogP contribution in [0, 0.1) is 5.82 Å². The minimum absolute atomic E-state index is 0.153. The molecule has 0 unspecified atom stereocenters. The van der Waals surface area contributed by atoms with Crippen LogP contribution < -0.4 is 5.32 Å². The Balaban J connectivity index is 1.66. The van der Waals surface area contributed by atoms with Gasteiger partial charge in [0.25, 0.3) is 0 Å². The number of halogens is 2. The molecule has 0 saturated heterocycles. The number of hydrogen-bond acceptors (Lipinski definition) is 2. The molecule has 3 rings (SSSR count). The third kappa shape index (κ3) is 2.66. The zero-order valence-electron chi connectivity index (χ0n) is 10.7. The van der Waals surface area contributed by atoms with E-state index in [-0.39, 0.29) is 5.02 Å². The van der Waals surface area contributed by atoms with E-state index in [4.69, 9.17) is 11.6 Å². The zero-order chi connectivity index (χ0) is 13.9. The maximum atomic E-state index is 13.1. The number of benzene rings is 1. The topological polar surface area (TPSA) is 40.7 Å². The van der Waals surface area contributed by atoms with Gasteiger partial charge in [-0.2, -0.15) is 0 Å². The van der Waals surface area contributed by atoms with Gasteiger partial charge in [0.15, 0.2) is 0 Å². The Morgan fingerprint density at radius 2 is 2.15 bits per heavy atom. The van der Waals surface area contributed by atoms with Gasteiger partial charge in [0, 0.05) is 30.9 Å². The quantitative estimate of drug-likeness (QED) is 0.770. The minimum atomic E-state index is -0.391. The third-order valence-electron chi connectivity index (χ3n) is 3.17. The molecule has 102 valence electrons. The molecule has 0 fully saturated rings. The van der Waals surface area contributed by atoms with Crippen LogP contribution in [0.1, 0.15) is 11.1 Å². The van der Waals surface area contributed by atoms with Crippen LogP contribution in [0.25, 0.3) is 11.0 Å². The van der Waals surface area contributed by atoms with E-state index in [1.807, 2.05) is 18.3 Å². The van der Waals surface area contributed by atoms with Crippen molar-refractivity contribution in [2.24, 2.45) is 0 Å². The first-order valence-electron chi connectivity index (χ1n) is 6.29. The summed E-state index contributed by atoms with van der Waals surface area (Å²) in [6.07, 6.45) is 3.71. The molecular weight excluding hydrogens is 277 g/mol. The van der Waals surface area contributed by atoms with Gasteiger partial charge >= 0.3 is 0 Å². The van der Waals surface area contributed by atoms with E-state index in [0.717, 1.165) is 22.2 Å². The fourth-order valence-electron chi connectivity index (χ4n) is 2.15. The summed E-state index contributed by atoms with van der Waals surface area (Å²) in [4.78, 5) is 7.38. The van der Waals surface area contributed by atoms with Crippen LogP contribution in [-0.4, -0.2) is 9.97 Å². The Labute approximate surface area is 120 Å². The van der Waals surface area contributed by atoms with E-state index in [1.165, 1.54) is 6.07 Å². The second-order valence-electron chi connectivity index (χ2n) is 4.57. The molecule has 0 bridgehead atoms. The average molecular weight is 290 g/mol. The number of aromatic amines is 1. The molecule has 0 aliphatic carbocycles. The molecule has 0 aliphatic heterocycles. The number of pyridine rings is 1. The molecule has 1 aromatic carbocycles. The Hall–Kier alpha value is -1.91. The number of H-pyrrole nitrogens is 1. The molecule has 20 heavy (non-hydrogen) atoms. The van der Waals surface area contributed by atoms with Crippen molar-refractivity contribution in [2.75, 3.05) is 0 Å². The molecule has 0 spiro atoms. The molecule has 0 radical (unpaired) electrons. The highest BCUT2D eigenvalue weighted by molar-refractivity contribution is 6.30. The lowest BCUT2D eigenvalue weighted by Crippen LogP contribution is -2.12. The standard InChI is InChI=1S/C15H13ClFN3/c16-13-6-10(3-4-14(13)17)7-18-8-11-9-20-15-12(11)2-1-5-19-15/h1-6,9,18H,7-8H2,(H,19,20). The van der Waals surface area contributed by atoms with Crippen LogP contribution in [0.4, 0.5) is 4.39 Å². The van der Waals surface area contributed by atoms with Gasteiger partial charge in [0.05, 0.1) is 5.02 Å². The van der Waals surface area contributed by atoms with Gasteiger partial charge in [0.2, 0.25) is 0 Å². The summed E-state index contributed by atoms with van der Waals surface area (Å²) < 4.78 is 13.1. The molecule has 0 saturated carbocycles. The van der Waals surface area contributed by atoms with E-state index in [0.29, 0.717) is 13.1 Å². The first-order valence-corrected chi connectivity index (χ1v) is 6.67. The van der Waals surface area contributed by atoms with Gasteiger partial charge in [-0.1, -0.05) is 17.7 Å². The molecule has 3 nitrogen and oxygen atoms in total. The lowest BCUT2D eigenvalue weighted by atomic mass is 10.2. The van der Waals surface area contributed by atoms with Crippen molar-refractivity contribution in [3.63, 3.8) is 0 Å². The van der Waals surface area contributed by atoms with Gasteiger partial charge in [0.1, 0.15) is 11.5 Å². The molecule has 2 heterocycles. The van der Waals surface area contributed by atoms with E-state index >= 15 is 0 Å². The van der Waals surface area contributed by atoms with Crippen LogP contribution in [0.15, 0.2) is 42.7 Å². The van der Waals surface area contributed by atoms with Crippen molar-refractivity contribution in [3.05, 3.63) is 64.7 Å². The van der Waals surface area contributed by atoms with Crippen LogP contribution >= 0.6 is 11.6 Å². The number of fused-ring (bicyclic) bond motifs is 1. The monoisotopic (exact) mass is 289 g/mol. The molecule has 0 atom stereocenters. The number of aromatic nitrogens is 2. The molecule has 2 N–H and O–H groups in total. The number of nitrogens with one attached hydrogen (secondary N) is 2. The first-order chi connectivity index (χ1) is 9.74. The van der Waals surface area contributed by atoms with E-state index < -0.39 is 5.82 Å². The average Bonchev–Trinajstić information content (AvgIpc) is 2.86. The smallest absolute Gasteiger partial charge is 0.141 e.